The molecule has 254 valence electrons. The van der Waals surface area contributed by atoms with Crippen molar-refractivity contribution in [1.82, 2.24) is 9.97 Å². The van der Waals surface area contributed by atoms with Crippen LogP contribution in [0, 0.1) is 0 Å². The van der Waals surface area contributed by atoms with Crippen molar-refractivity contribution < 1.29 is 84.6 Å². The van der Waals surface area contributed by atoms with Crippen LogP contribution >= 0.6 is 0 Å². The van der Waals surface area contributed by atoms with E-state index in [9.17, 15) is 30.0 Å². The van der Waals surface area contributed by atoms with Crippen LogP contribution in [-0.4, -0.2) is 82.1 Å². The van der Waals surface area contributed by atoms with Crippen LogP contribution in [0.25, 0.3) is 0 Å². The van der Waals surface area contributed by atoms with Crippen LogP contribution in [0.5, 0.6) is 23.0 Å². The molecule has 16 heteroatoms. The number of carbonyl (C=O) groups excluding carboxylic acids is 2. The van der Waals surface area contributed by atoms with Crippen LogP contribution in [0.4, 0.5) is 0 Å². The molecule has 0 saturated carbocycles. The van der Waals surface area contributed by atoms with E-state index in [4.69, 9.17) is 20.4 Å². The number of aliphatic hydroxyl groups excluding tert-OH is 2. The summed E-state index contributed by atoms with van der Waals surface area (Å²) >= 11 is 0. The molecule has 0 saturated heterocycles. The summed E-state index contributed by atoms with van der Waals surface area (Å²) in [6.45, 7) is -0.972. The summed E-state index contributed by atoms with van der Waals surface area (Å²) in [6.07, 6.45) is 9.27. The standard InChI is InChI=1S/2C9H9NO4.2C5H5N.2CH4O.2Cu/c2*11-7-2-1-6(8(12)3-7)4-10-5-9(13)14;2*1-2-4-6-5-3-1;2*1-2;;/h2*1-4,11-12H,5H2,(H,13,14);2*1-5H;2*2H,1H3;;/q;;;;;;2*+2/p-4. The van der Waals surface area contributed by atoms with Crippen LogP contribution in [0.1, 0.15) is 11.1 Å². The Morgan fingerprint density at radius 1 is 0.630 bits per heavy atom. The van der Waals surface area contributed by atoms with E-state index in [2.05, 4.69) is 20.0 Å². The van der Waals surface area contributed by atoms with E-state index in [0.717, 1.165) is 38.8 Å². The van der Waals surface area contributed by atoms with Crippen molar-refractivity contribution in [1.29, 1.82) is 0 Å². The average Bonchev–Trinajstić information content (AvgIpc) is 3.04. The van der Waals surface area contributed by atoms with Crippen molar-refractivity contribution in [3.05, 3.63) is 109 Å². The fourth-order valence-corrected chi connectivity index (χ4v) is 2.32. The number of rotatable bonds is 6. The summed E-state index contributed by atoms with van der Waals surface area (Å²) in [4.78, 5) is 34.5. The van der Waals surface area contributed by atoms with E-state index in [-0.39, 0.29) is 56.8 Å². The first-order chi connectivity index (χ1) is 21.2. The molecule has 0 aliphatic carbocycles. The molecule has 4 aromatic rings. The smallest absolute Gasteiger partial charge is 0.872 e. The number of phenols is 2. The number of aromatic nitrogens is 2. The SMILES string of the molecule is CO.CO.O=C([O-])CN=Cc1ccc(O)cc1[O-].O=C([O-])CN=Cc1ccc(O)cc1[O-].[Cu+2].[Cu+2].c1ccncc1.c1ccncc1. The number of aliphatic imine (C=N–C) groups is 2. The van der Waals surface area contributed by atoms with Crippen molar-refractivity contribution in [2.75, 3.05) is 27.3 Å². The zero-order chi connectivity index (χ0) is 33.6. The molecule has 14 nitrogen and oxygen atoms in total. The van der Waals surface area contributed by atoms with Crippen LogP contribution in [0.2, 0.25) is 0 Å². The van der Waals surface area contributed by atoms with E-state index in [1.165, 1.54) is 24.3 Å². The van der Waals surface area contributed by atoms with Crippen LogP contribution < -0.4 is 20.4 Å². The second-order valence-electron chi connectivity index (χ2n) is 7.18. The first-order valence-electron chi connectivity index (χ1n) is 12.2. The van der Waals surface area contributed by atoms with E-state index in [1.54, 1.807) is 24.8 Å². The molecule has 46 heavy (non-hydrogen) atoms. The van der Waals surface area contributed by atoms with Gasteiger partial charge in [0.25, 0.3) is 0 Å². The van der Waals surface area contributed by atoms with Gasteiger partial charge in [0, 0.05) is 51.4 Å². The predicted molar refractivity (Wildman–Crippen MR) is 155 cm³/mol. The first-order valence-corrected chi connectivity index (χ1v) is 12.2. The first kappa shape index (κ1) is 48.1. The minimum atomic E-state index is -1.31. The average molecular weight is 736 g/mol. The third-order valence-corrected chi connectivity index (χ3v) is 4.03. The second kappa shape index (κ2) is 33.1. The van der Waals surface area contributed by atoms with Crippen LogP contribution in [-0.2, 0) is 43.7 Å². The summed E-state index contributed by atoms with van der Waals surface area (Å²) < 4.78 is 0. The van der Waals surface area contributed by atoms with E-state index >= 15 is 0 Å². The van der Waals surface area contributed by atoms with Gasteiger partial charge in [-0.3, -0.25) is 20.0 Å². The monoisotopic (exact) mass is 734 g/mol. The van der Waals surface area contributed by atoms with Gasteiger partial charge < -0.3 is 50.4 Å². The zero-order valence-electron chi connectivity index (χ0n) is 24.4. The normalized spacial score (nSPS) is 8.78. The zero-order valence-corrected chi connectivity index (χ0v) is 26.3. The number of aromatic hydroxyl groups is 2. The number of aliphatic hydroxyl groups is 2. The third-order valence-electron chi connectivity index (χ3n) is 4.03. The van der Waals surface area contributed by atoms with E-state index < -0.39 is 36.5 Å². The largest absolute Gasteiger partial charge is 2.00 e. The maximum absolute atomic E-state index is 11.1. The van der Waals surface area contributed by atoms with Gasteiger partial charge in [0.2, 0.25) is 0 Å². The van der Waals surface area contributed by atoms with Gasteiger partial charge in [0.1, 0.15) is 11.5 Å². The summed E-state index contributed by atoms with van der Waals surface area (Å²) in [6, 6.07) is 18.8. The van der Waals surface area contributed by atoms with Gasteiger partial charge in [-0.15, -0.1) is 0 Å². The summed E-state index contributed by atoms with van der Waals surface area (Å²) in [7, 11) is 2.00. The Bertz CT molecular complexity index is 1210. The fraction of sp³-hybridized carbons (Fsp3) is 0.133. The number of carboxylic acids is 2. The molecular formula is C30H32Cu2N4O10. The van der Waals surface area contributed by atoms with Crippen molar-refractivity contribution >= 4 is 24.4 Å². The van der Waals surface area contributed by atoms with Gasteiger partial charge in [-0.25, -0.2) is 0 Å². The Hall–Kier alpha value is -4.82. The molecule has 0 aliphatic rings. The third kappa shape index (κ3) is 28.0. The maximum Gasteiger partial charge on any atom is 2.00 e. The number of hydrogen-bond donors (Lipinski definition) is 4. The Balaban J connectivity index is -0.000000256. The van der Waals surface area contributed by atoms with E-state index in [0.29, 0.717) is 0 Å². The number of phenolic OH excluding ortho intramolecular Hbond substituents is 2. The number of nitrogens with zero attached hydrogens (tertiary/aromatic N) is 4. The van der Waals surface area contributed by atoms with Gasteiger partial charge in [-0.05, 0) is 59.7 Å². The molecule has 4 N–H and O–H groups in total. The predicted octanol–water partition coefficient (Wildman–Crippen LogP) is -1.36. The fourth-order valence-electron chi connectivity index (χ4n) is 2.32. The molecule has 2 aromatic heterocycles. The molecule has 0 aliphatic heterocycles. The molecule has 0 fully saturated rings. The molecule has 0 amide bonds. The molecule has 2 heterocycles. The summed E-state index contributed by atoms with van der Waals surface area (Å²) in [5.41, 5.74) is 0.452. The molecular weight excluding hydrogens is 703 g/mol. The number of carbonyl (C=O) groups is 2. The quantitative estimate of drug-likeness (QED) is 0.132. The number of pyridine rings is 2. The number of aliphatic carboxylic acids is 2. The summed E-state index contributed by atoms with van der Waals surface area (Å²) in [5, 5.41) is 74.0. The number of benzene rings is 2. The molecule has 2 aromatic carbocycles. The van der Waals surface area contributed by atoms with Gasteiger partial charge >= 0.3 is 34.1 Å². The van der Waals surface area contributed by atoms with Crippen molar-refractivity contribution in [2.45, 2.75) is 0 Å². The minimum Gasteiger partial charge on any atom is -0.872 e. The van der Waals surface area contributed by atoms with Crippen molar-refractivity contribution in [2.24, 2.45) is 9.98 Å². The molecule has 0 atom stereocenters. The molecule has 0 unspecified atom stereocenters. The number of carboxylic acid groups (broad SMARTS) is 2. The minimum absolute atomic E-state index is 0. The topological polar surface area (TPSA) is 258 Å². The van der Waals surface area contributed by atoms with Crippen LogP contribution in [0.15, 0.2) is 108 Å². The second-order valence-corrected chi connectivity index (χ2v) is 7.18. The molecule has 2 radical (unpaired) electrons. The van der Waals surface area contributed by atoms with Gasteiger partial charge in [-0.1, -0.05) is 35.8 Å². The summed E-state index contributed by atoms with van der Waals surface area (Å²) in [5.74, 6) is -3.71. The van der Waals surface area contributed by atoms with Crippen LogP contribution in [0.3, 0.4) is 0 Å². The number of hydrogen-bond acceptors (Lipinski definition) is 14. The Morgan fingerprint density at radius 3 is 1.13 bits per heavy atom. The molecule has 0 bridgehead atoms. The van der Waals surface area contributed by atoms with Gasteiger partial charge in [0.15, 0.2) is 0 Å². The Kier molecular flexibility index (Phi) is 34.6. The van der Waals surface area contributed by atoms with Gasteiger partial charge in [-0.2, -0.15) is 0 Å². The van der Waals surface area contributed by atoms with Gasteiger partial charge in [0.05, 0.1) is 25.0 Å². The molecule has 0 spiro atoms. The maximum atomic E-state index is 11.1. The Labute approximate surface area is 287 Å². The Morgan fingerprint density at radius 2 is 0.935 bits per heavy atom. The molecule has 4 rings (SSSR count). The van der Waals surface area contributed by atoms with Crippen molar-refractivity contribution in [3.63, 3.8) is 0 Å². The van der Waals surface area contributed by atoms with Crippen molar-refractivity contribution in [3.8, 4) is 23.0 Å². The van der Waals surface area contributed by atoms with E-state index in [1.807, 2.05) is 36.4 Å².